The van der Waals surface area contributed by atoms with Gasteiger partial charge in [0.25, 0.3) is 0 Å². The number of anilines is 1. The molecular weight excluding hydrogens is 286 g/mol. The van der Waals surface area contributed by atoms with E-state index in [4.69, 9.17) is 5.73 Å². The number of nitro benzene ring substituents is 1. The zero-order valence-electron chi connectivity index (χ0n) is 10.2. The third-order valence-electron chi connectivity index (χ3n) is 2.58. The topological polar surface area (TPSA) is 69.2 Å². The largest absolute Gasteiger partial charge is 0.398 e. The smallest absolute Gasteiger partial charge is 0.304 e. The van der Waals surface area contributed by atoms with E-state index < -0.39 is 22.2 Å². The minimum absolute atomic E-state index is 0.336. The van der Waals surface area contributed by atoms with Crippen molar-refractivity contribution in [3.8, 4) is 0 Å². The first kappa shape index (κ1) is 14.3. The van der Waals surface area contributed by atoms with E-state index in [-0.39, 0.29) is 0 Å². The highest BCUT2D eigenvalue weighted by atomic mass is 32.2. The lowest BCUT2D eigenvalue weighted by Gasteiger charge is -2.06. The van der Waals surface area contributed by atoms with Crippen LogP contribution in [0.25, 0.3) is 0 Å². The first-order valence-corrected chi connectivity index (χ1v) is 6.56. The summed E-state index contributed by atoms with van der Waals surface area (Å²) in [6.07, 6.45) is 0. The molecule has 0 aromatic heterocycles. The summed E-state index contributed by atoms with van der Waals surface area (Å²) in [6, 6.07) is 7.67. The lowest BCUT2D eigenvalue weighted by atomic mass is 10.2. The van der Waals surface area contributed by atoms with E-state index in [1.807, 2.05) is 0 Å². The summed E-state index contributed by atoms with van der Waals surface area (Å²) in [6.45, 7) is 0. The van der Waals surface area contributed by atoms with Crippen LogP contribution in [0.5, 0.6) is 0 Å². The van der Waals surface area contributed by atoms with Gasteiger partial charge in [-0.3, -0.25) is 10.1 Å². The summed E-state index contributed by atoms with van der Waals surface area (Å²) in [5.74, 6) is -0.959. The van der Waals surface area contributed by atoms with Crippen molar-refractivity contribution >= 4 is 23.1 Å². The normalized spacial score (nSPS) is 10.5. The van der Waals surface area contributed by atoms with Crippen molar-refractivity contribution in [1.82, 2.24) is 0 Å². The molecule has 0 radical (unpaired) electrons. The molecule has 0 aliphatic rings. The first-order valence-electron chi connectivity index (χ1n) is 5.58. The molecule has 0 fully saturated rings. The van der Waals surface area contributed by atoms with Crippen molar-refractivity contribution in [3.05, 3.63) is 63.7 Å². The lowest BCUT2D eigenvalue weighted by molar-refractivity contribution is -0.387. The van der Waals surface area contributed by atoms with Crippen LogP contribution in [0, 0.1) is 21.7 Å². The summed E-state index contributed by atoms with van der Waals surface area (Å²) >= 11 is 1.24. The van der Waals surface area contributed by atoms with E-state index in [1.54, 1.807) is 0 Å². The Labute approximate surface area is 117 Å². The van der Waals surface area contributed by atoms with Crippen molar-refractivity contribution < 1.29 is 13.7 Å². The van der Waals surface area contributed by atoms with Gasteiger partial charge in [-0.25, -0.2) is 4.39 Å². The van der Waals surface area contributed by atoms with Gasteiger partial charge in [-0.2, -0.15) is 4.39 Å². The molecule has 0 heterocycles. The summed E-state index contributed by atoms with van der Waals surface area (Å²) in [5, 5.41) is 10.5. The van der Waals surface area contributed by atoms with Crippen molar-refractivity contribution in [2.45, 2.75) is 10.6 Å². The van der Waals surface area contributed by atoms with Crippen LogP contribution in [0.2, 0.25) is 0 Å². The van der Waals surface area contributed by atoms with Crippen LogP contribution in [-0.4, -0.2) is 4.92 Å². The van der Waals surface area contributed by atoms with Gasteiger partial charge >= 0.3 is 5.69 Å². The van der Waals surface area contributed by atoms with Crippen LogP contribution in [0.1, 0.15) is 5.56 Å². The lowest BCUT2D eigenvalue weighted by Crippen LogP contribution is -1.94. The van der Waals surface area contributed by atoms with Gasteiger partial charge in [-0.1, -0.05) is 6.07 Å². The van der Waals surface area contributed by atoms with Crippen molar-refractivity contribution in [2.75, 3.05) is 5.73 Å². The van der Waals surface area contributed by atoms with Crippen LogP contribution < -0.4 is 5.73 Å². The molecule has 0 aliphatic heterocycles. The van der Waals surface area contributed by atoms with Crippen molar-refractivity contribution in [3.63, 3.8) is 0 Å². The average Bonchev–Trinajstić information content (AvgIpc) is 2.39. The molecule has 7 heteroatoms. The molecule has 20 heavy (non-hydrogen) atoms. The van der Waals surface area contributed by atoms with Gasteiger partial charge in [0.05, 0.1) is 4.92 Å². The maximum absolute atomic E-state index is 13.4. The zero-order valence-corrected chi connectivity index (χ0v) is 11.0. The van der Waals surface area contributed by atoms with E-state index >= 15 is 0 Å². The molecule has 4 nitrogen and oxygen atoms in total. The fraction of sp³-hybridized carbons (Fsp3) is 0.0769. The average molecular weight is 296 g/mol. The number of rotatable bonds is 4. The van der Waals surface area contributed by atoms with Gasteiger partial charge in [0.15, 0.2) is 0 Å². The molecule has 0 spiro atoms. The van der Waals surface area contributed by atoms with Crippen molar-refractivity contribution in [1.29, 1.82) is 0 Å². The first-order chi connectivity index (χ1) is 9.47. The number of nitrogens with two attached hydrogens (primary N) is 1. The van der Waals surface area contributed by atoms with Gasteiger partial charge in [-0.05, 0) is 29.8 Å². The van der Waals surface area contributed by atoms with Gasteiger partial charge < -0.3 is 5.73 Å². The summed E-state index contributed by atoms with van der Waals surface area (Å²) in [7, 11) is 0. The predicted octanol–water partition coefficient (Wildman–Crippen LogP) is 3.75. The second kappa shape index (κ2) is 5.87. The molecule has 0 saturated carbocycles. The highest BCUT2D eigenvalue weighted by Crippen LogP contribution is 2.29. The summed E-state index contributed by atoms with van der Waals surface area (Å²) in [5.41, 5.74) is 6.12. The Morgan fingerprint density at radius 3 is 2.60 bits per heavy atom. The van der Waals surface area contributed by atoms with Gasteiger partial charge in [0, 0.05) is 22.4 Å². The zero-order chi connectivity index (χ0) is 14.7. The van der Waals surface area contributed by atoms with E-state index in [0.29, 0.717) is 21.9 Å². The number of thioether (sulfide) groups is 1. The molecule has 104 valence electrons. The van der Waals surface area contributed by atoms with Gasteiger partial charge in [-0.15, -0.1) is 11.8 Å². The fourth-order valence-corrected chi connectivity index (χ4v) is 2.51. The molecule has 0 aliphatic carbocycles. The number of hydrogen-bond donors (Lipinski definition) is 1. The van der Waals surface area contributed by atoms with Gasteiger partial charge in [0.1, 0.15) is 5.82 Å². The molecule has 2 aromatic rings. The van der Waals surface area contributed by atoms with Gasteiger partial charge in [0.2, 0.25) is 5.82 Å². The summed E-state index contributed by atoms with van der Waals surface area (Å²) in [4.78, 5) is 10.3. The Bertz CT molecular complexity index is 665. The van der Waals surface area contributed by atoms with Crippen molar-refractivity contribution in [2.24, 2.45) is 0 Å². The number of nitrogens with zero attached hydrogens (tertiary/aromatic N) is 1. The Kier molecular flexibility index (Phi) is 4.19. The Balaban J connectivity index is 2.13. The number of hydrogen-bond acceptors (Lipinski definition) is 4. The van der Waals surface area contributed by atoms with Crippen LogP contribution in [-0.2, 0) is 5.75 Å². The maximum atomic E-state index is 13.4. The van der Waals surface area contributed by atoms with E-state index in [2.05, 4.69) is 0 Å². The Morgan fingerprint density at radius 2 is 1.95 bits per heavy atom. The standard InChI is InChI=1S/C13H10F2N2O2S/c14-9-2-3-11(16)13(6-9)20-7-8-1-4-12(17(18)19)10(15)5-8/h1-6H,7,16H2. The van der Waals surface area contributed by atoms with Crippen LogP contribution in [0.4, 0.5) is 20.2 Å². The minimum Gasteiger partial charge on any atom is -0.398 e. The Hall–Kier alpha value is -2.15. The second-order valence-corrected chi connectivity index (χ2v) is 5.03. The SMILES string of the molecule is Nc1ccc(F)cc1SCc1ccc([N+](=O)[O-])c(F)c1. The molecule has 2 N–H and O–H groups in total. The monoisotopic (exact) mass is 296 g/mol. The van der Waals surface area contributed by atoms with Crippen LogP contribution >= 0.6 is 11.8 Å². The molecule has 2 rings (SSSR count). The molecule has 2 aromatic carbocycles. The van der Waals surface area contributed by atoms with Crippen LogP contribution in [0.3, 0.4) is 0 Å². The fourth-order valence-electron chi connectivity index (χ4n) is 1.58. The van der Waals surface area contributed by atoms with E-state index in [0.717, 1.165) is 12.1 Å². The molecule has 0 atom stereocenters. The third kappa shape index (κ3) is 3.24. The third-order valence-corrected chi connectivity index (χ3v) is 3.72. The maximum Gasteiger partial charge on any atom is 0.304 e. The second-order valence-electron chi connectivity index (χ2n) is 4.01. The molecule has 0 saturated heterocycles. The van der Waals surface area contributed by atoms with E-state index in [1.165, 1.54) is 36.0 Å². The number of halogens is 2. The highest BCUT2D eigenvalue weighted by molar-refractivity contribution is 7.98. The van der Waals surface area contributed by atoms with E-state index in [9.17, 15) is 18.9 Å². The molecular formula is C13H10F2N2O2S. The molecule has 0 bridgehead atoms. The highest BCUT2D eigenvalue weighted by Gasteiger charge is 2.14. The number of nitro groups is 1. The molecule has 0 unspecified atom stereocenters. The summed E-state index contributed by atoms with van der Waals surface area (Å²) < 4.78 is 26.5. The number of nitrogen functional groups attached to an aromatic ring is 1. The van der Waals surface area contributed by atoms with Crippen LogP contribution in [0.15, 0.2) is 41.3 Å². The number of benzene rings is 2. The quantitative estimate of drug-likeness (QED) is 0.404. The predicted molar refractivity (Wildman–Crippen MR) is 73.4 cm³/mol. The minimum atomic E-state index is -0.889. The molecule has 0 amide bonds. The Morgan fingerprint density at radius 1 is 1.20 bits per heavy atom.